The maximum absolute atomic E-state index is 5.25. The van der Waals surface area contributed by atoms with Gasteiger partial charge in [-0.15, -0.1) is 0 Å². The fraction of sp³-hybridized carbons (Fsp3) is 0.318. The molecule has 1 aliphatic heterocycles. The number of nitrogens with one attached hydrogen (secondary N) is 1. The van der Waals surface area contributed by atoms with Crippen molar-refractivity contribution in [3.63, 3.8) is 0 Å². The number of rotatable bonds is 4. The summed E-state index contributed by atoms with van der Waals surface area (Å²) < 4.78 is 7.23. The summed E-state index contributed by atoms with van der Waals surface area (Å²) in [6.45, 7) is 6.62. The van der Waals surface area contributed by atoms with Gasteiger partial charge in [0.2, 0.25) is 0 Å². The van der Waals surface area contributed by atoms with Crippen molar-refractivity contribution in [3.05, 3.63) is 64.7 Å². The van der Waals surface area contributed by atoms with Crippen LogP contribution in [-0.2, 0) is 19.5 Å². The van der Waals surface area contributed by atoms with Gasteiger partial charge in [-0.1, -0.05) is 12.1 Å². The van der Waals surface area contributed by atoms with Gasteiger partial charge >= 0.3 is 0 Å². The maximum atomic E-state index is 5.25. The standard InChI is InChI=1S/C22H24N6O/c1-14-10-21(27-9-8-20-19(13-27)15(2)25-26-20)18-11-23-28(22(18)24-14)12-16-4-6-17(29-3)7-5-16/h4-7,10-11H,8-9,12-13H2,1-3H3,(H,25,26). The lowest BCUT2D eigenvalue weighted by atomic mass is 10.0. The van der Waals surface area contributed by atoms with Gasteiger partial charge < -0.3 is 9.64 Å². The molecule has 4 aromatic rings. The quantitative estimate of drug-likeness (QED) is 0.580. The number of aromatic nitrogens is 5. The molecule has 4 heterocycles. The highest BCUT2D eigenvalue weighted by Crippen LogP contribution is 2.31. The molecule has 0 saturated heterocycles. The van der Waals surface area contributed by atoms with Crippen LogP contribution in [0.3, 0.4) is 0 Å². The molecule has 0 radical (unpaired) electrons. The molecule has 0 atom stereocenters. The Kier molecular flexibility index (Phi) is 4.23. The molecule has 0 saturated carbocycles. The van der Waals surface area contributed by atoms with E-state index in [1.807, 2.05) is 29.9 Å². The first-order valence-electron chi connectivity index (χ1n) is 9.86. The molecule has 0 unspecified atom stereocenters. The summed E-state index contributed by atoms with van der Waals surface area (Å²) in [4.78, 5) is 7.22. The lowest BCUT2D eigenvalue weighted by Gasteiger charge is -2.29. The van der Waals surface area contributed by atoms with Gasteiger partial charge in [-0.25, -0.2) is 9.67 Å². The van der Waals surface area contributed by atoms with Crippen LogP contribution in [0, 0.1) is 13.8 Å². The number of pyridine rings is 1. The number of ether oxygens (including phenoxy) is 1. The first kappa shape index (κ1) is 17.7. The van der Waals surface area contributed by atoms with Crippen molar-refractivity contribution in [3.8, 4) is 5.75 Å². The zero-order chi connectivity index (χ0) is 20.0. The van der Waals surface area contributed by atoms with Gasteiger partial charge in [0.05, 0.1) is 36.6 Å². The zero-order valence-corrected chi connectivity index (χ0v) is 16.9. The highest BCUT2D eigenvalue weighted by atomic mass is 16.5. The van der Waals surface area contributed by atoms with Gasteiger partial charge in [-0.2, -0.15) is 10.2 Å². The Hall–Kier alpha value is -3.35. The van der Waals surface area contributed by atoms with Crippen LogP contribution in [0.25, 0.3) is 11.0 Å². The van der Waals surface area contributed by atoms with Gasteiger partial charge in [0.1, 0.15) is 5.75 Å². The molecule has 1 aromatic carbocycles. The minimum atomic E-state index is 0.675. The van der Waals surface area contributed by atoms with Crippen LogP contribution in [0.5, 0.6) is 5.75 Å². The van der Waals surface area contributed by atoms with E-state index < -0.39 is 0 Å². The highest BCUT2D eigenvalue weighted by molar-refractivity contribution is 5.90. The third-order valence-electron chi connectivity index (χ3n) is 5.67. The molecule has 3 aromatic heterocycles. The normalized spacial score (nSPS) is 13.7. The number of benzene rings is 1. The predicted octanol–water partition coefficient (Wildman–Crippen LogP) is 3.39. The first-order chi connectivity index (χ1) is 14.1. The molecule has 0 aliphatic carbocycles. The molecule has 29 heavy (non-hydrogen) atoms. The third-order valence-corrected chi connectivity index (χ3v) is 5.67. The monoisotopic (exact) mass is 388 g/mol. The zero-order valence-electron chi connectivity index (χ0n) is 16.9. The van der Waals surface area contributed by atoms with Crippen LogP contribution in [0.15, 0.2) is 36.5 Å². The number of nitrogens with zero attached hydrogens (tertiary/aromatic N) is 5. The molecule has 7 nitrogen and oxygen atoms in total. The fourth-order valence-corrected chi connectivity index (χ4v) is 4.07. The fourth-order valence-electron chi connectivity index (χ4n) is 4.07. The van der Waals surface area contributed by atoms with E-state index in [-0.39, 0.29) is 0 Å². The third kappa shape index (κ3) is 3.12. The molecular formula is C22H24N6O. The van der Waals surface area contributed by atoms with Crippen LogP contribution < -0.4 is 9.64 Å². The van der Waals surface area contributed by atoms with Gasteiger partial charge in [0.25, 0.3) is 0 Å². The summed E-state index contributed by atoms with van der Waals surface area (Å²) >= 11 is 0. The molecule has 0 fully saturated rings. The van der Waals surface area contributed by atoms with Crippen molar-refractivity contribution in [2.75, 3.05) is 18.6 Å². The van der Waals surface area contributed by atoms with Crippen molar-refractivity contribution in [2.45, 2.75) is 33.4 Å². The van der Waals surface area contributed by atoms with E-state index >= 15 is 0 Å². The van der Waals surface area contributed by atoms with Crippen LogP contribution in [0.2, 0.25) is 0 Å². The number of anilines is 1. The number of aryl methyl sites for hydroxylation is 2. The molecule has 0 spiro atoms. The number of methoxy groups -OCH3 is 1. The molecule has 148 valence electrons. The molecule has 0 amide bonds. The minimum Gasteiger partial charge on any atom is -0.497 e. The number of hydrogen-bond acceptors (Lipinski definition) is 5. The summed E-state index contributed by atoms with van der Waals surface area (Å²) in [5.41, 5.74) is 7.93. The van der Waals surface area contributed by atoms with E-state index in [0.717, 1.165) is 53.2 Å². The maximum Gasteiger partial charge on any atom is 0.160 e. The summed E-state index contributed by atoms with van der Waals surface area (Å²) in [5, 5.41) is 13.3. The van der Waals surface area contributed by atoms with Crippen molar-refractivity contribution < 1.29 is 4.74 Å². The lowest BCUT2D eigenvalue weighted by molar-refractivity contribution is 0.414. The molecule has 0 bridgehead atoms. The minimum absolute atomic E-state index is 0.675. The second kappa shape index (κ2) is 6.92. The van der Waals surface area contributed by atoms with Crippen LogP contribution in [-0.4, -0.2) is 38.6 Å². The van der Waals surface area contributed by atoms with E-state index in [0.29, 0.717) is 6.54 Å². The summed E-state index contributed by atoms with van der Waals surface area (Å²) in [6, 6.07) is 10.3. The summed E-state index contributed by atoms with van der Waals surface area (Å²) in [7, 11) is 1.68. The second-order valence-electron chi connectivity index (χ2n) is 7.62. The number of hydrogen-bond donors (Lipinski definition) is 1. The van der Waals surface area contributed by atoms with E-state index in [1.165, 1.54) is 16.9 Å². The largest absolute Gasteiger partial charge is 0.497 e. The summed E-state index contributed by atoms with van der Waals surface area (Å²) in [5.74, 6) is 0.856. The van der Waals surface area contributed by atoms with E-state index in [2.05, 4.69) is 45.3 Å². The average Bonchev–Trinajstić information content (AvgIpc) is 3.31. The molecule has 1 aliphatic rings. The number of aromatic amines is 1. The lowest BCUT2D eigenvalue weighted by Crippen LogP contribution is -2.30. The van der Waals surface area contributed by atoms with Gasteiger partial charge in [-0.3, -0.25) is 5.10 Å². The number of H-pyrrole nitrogens is 1. The Balaban J connectivity index is 1.50. The van der Waals surface area contributed by atoms with Crippen LogP contribution in [0.1, 0.15) is 28.2 Å². The molecular weight excluding hydrogens is 364 g/mol. The summed E-state index contributed by atoms with van der Waals surface area (Å²) in [6.07, 6.45) is 2.89. The topological polar surface area (TPSA) is 71.9 Å². The SMILES string of the molecule is COc1ccc(Cn2ncc3c(N4CCc5n[nH]c(C)c5C4)cc(C)nc32)cc1. The van der Waals surface area contributed by atoms with E-state index in [1.54, 1.807) is 7.11 Å². The molecule has 1 N–H and O–H groups in total. The van der Waals surface area contributed by atoms with E-state index in [4.69, 9.17) is 9.72 Å². The number of fused-ring (bicyclic) bond motifs is 2. The van der Waals surface area contributed by atoms with Crippen molar-refractivity contribution in [1.29, 1.82) is 0 Å². The van der Waals surface area contributed by atoms with Crippen LogP contribution >= 0.6 is 0 Å². The van der Waals surface area contributed by atoms with Gasteiger partial charge in [-0.05, 0) is 37.6 Å². The highest BCUT2D eigenvalue weighted by Gasteiger charge is 2.23. The first-order valence-corrected chi connectivity index (χ1v) is 9.86. The molecule has 5 rings (SSSR count). The smallest absolute Gasteiger partial charge is 0.160 e. The van der Waals surface area contributed by atoms with Crippen molar-refractivity contribution >= 4 is 16.7 Å². The Morgan fingerprint density at radius 2 is 2.00 bits per heavy atom. The Labute approximate surface area is 169 Å². The average molecular weight is 388 g/mol. The second-order valence-corrected chi connectivity index (χ2v) is 7.62. The predicted molar refractivity (Wildman–Crippen MR) is 112 cm³/mol. The van der Waals surface area contributed by atoms with Crippen molar-refractivity contribution in [1.82, 2.24) is 25.0 Å². The Morgan fingerprint density at radius 1 is 1.17 bits per heavy atom. The van der Waals surface area contributed by atoms with Gasteiger partial charge in [0.15, 0.2) is 5.65 Å². The van der Waals surface area contributed by atoms with Crippen LogP contribution in [0.4, 0.5) is 5.69 Å². The van der Waals surface area contributed by atoms with E-state index in [9.17, 15) is 0 Å². The van der Waals surface area contributed by atoms with Gasteiger partial charge in [0, 0.05) is 36.5 Å². The Morgan fingerprint density at radius 3 is 2.79 bits per heavy atom. The Bertz CT molecular complexity index is 1170. The molecule has 7 heteroatoms. The van der Waals surface area contributed by atoms with Crippen molar-refractivity contribution in [2.24, 2.45) is 0 Å².